The van der Waals surface area contributed by atoms with Crippen molar-refractivity contribution >= 4 is 29.1 Å². The van der Waals surface area contributed by atoms with Crippen LogP contribution in [0.3, 0.4) is 0 Å². The predicted octanol–water partition coefficient (Wildman–Crippen LogP) is 4.17. The summed E-state index contributed by atoms with van der Waals surface area (Å²) in [5.74, 6) is 1.01. The van der Waals surface area contributed by atoms with E-state index in [1.807, 2.05) is 12.1 Å². The van der Waals surface area contributed by atoms with E-state index < -0.39 is 6.10 Å². The van der Waals surface area contributed by atoms with Crippen molar-refractivity contribution in [3.05, 3.63) is 58.1 Å². The Balaban J connectivity index is 1.55. The van der Waals surface area contributed by atoms with Crippen LogP contribution in [0.1, 0.15) is 18.4 Å². The van der Waals surface area contributed by atoms with Gasteiger partial charge in [-0.2, -0.15) is 0 Å². The van der Waals surface area contributed by atoms with Crippen LogP contribution in [0.25, 0.3) is 0 Å². The molecule has 2 aromatic carbocycles. The number of hydrogen-bond donors (Lipinski definition) is 2. The van der Waals surface area contributed by atoms with Gasteiger partial charge in [0, 0.05) is 16.6 Å². The number of halogens is 2. The van der Waals surface area contributed by atoms with Crippen LogP contribution in [0.15, 0.2) is 42.5 Å². The van der Waals surface area contributed by atoms with Gasteiger partial charge in [0.15, 0.2) is 0 Å². The molecule has 0 bridgehead atoms. The van der Waals surface area contributed by atoms with E-state index in [1.54, 1.807) is 30.3 Å². The fourth-order valence-electron chi connectivity index (χ4n) is 2.32. The highest BCUT2D eigenvalue weighted by molar-refractivity contribution is 6.34. The second-order valence-corrected chi connectivity index (χ2v) is 6.72. The van der Waals surface area contributed by atoms with Crippen LogP contribution >= 0.6 is 23.2 Å². The van der Waals surface area contributed by atoms with Crippen LogP contribution in [0.4, 0.5) is 0 Å². The van der Waals surface area contributed by atoms with Crippen LogP contribution < -0.4 is 10.1 Å². The summed E-state index contributed by atoms with van der Waals surface area (Å²) in [6.45, 7) is 0.367. The summed E-state index contributed by atoms with van der Waals surface area (Å²) >= 11 is 11.9. The summed E-state index contributed by atoms with van der Waals surface area (Å²) in [4.78, 5) is 11.8. The second kappa shape index (κ2) is 7.43. The maximum atomic E-state index is 11.8. The Kier molecular flexibility index (Phi) is 5.29. The van der Waals surface area contributed by atoms with Crippen molar-refractivity contribution in [2.24, 2.45) is 5.92 Å². The number of amides is 1. The lowest BCUT2D eigenvalue weighted by atomic mass is 10.2. The lowest BCUT2D eigenvalue weighted by Gasteiger charge is -2.11. The van der Waals surface area contributed by atoms with E-state index in [2.05, 4.69) is 5.32 Å². The molecule has 1 amide bonds. The van der Waals surface area contributed by atoms with E-state index in [9.17, 15) is 9.90 Å². The van der Waals surface area contributed by atoms with Gasteiger partial charge in [-0.1, -0.05) is 35.3 Å². The largest absolute Gasteiger partial charge is 0.457 e. The second-order valence-electron chi connectivity index (χ2n) is 5.85. The molecule has 126 valence electrons. The topological polar surface area (TPSA) is 58.6 Å². The third-order valence-electron chi connectivity index (χ3n) is 3.80. The lowest BCUT2D eigenvalue weighted by Crippen LogP contribution is -2.35. The quantitative estimate of drug-likeness (QED) is 0.807. The van der Waals surface area contributed by atoms with Crippen molar-refractivity contribution in [2.45, 2.75) is 25.5 Å². The highest BCUT2D eigenvalue weighted by atomic mass is 35.5. The van der Waals surface area contributed by atoms with Gasteiger partial charge in [0.25, 0.3) is 0 Å². The highest BCUT2D eigenvalue weighted by Gasteiger charge is 2.34. The Morgan fingerprint density at radius 2 is 1.75 bits per heavy atom. The number of rotatable bonds is 6. The van der Waals surface area contributed by atoms with Gasteiger partial charge in [-0.05, 0) is 54.7 Å². The third-order valence-corrected chi connectivity index (χ3v) is 4.24. The molecule has 1 fully saturated rings. The summed E-state index contributed by atoms with van der Waals surface area (Å²) in [5.41, 5.74) is 0.919. The molecule has 1 saturated carbocycles. The molecule has 4 nitrogen and oxygen atoms in total. The lowest BCUT2D eigenvalue weighted by molar-refractivity contribution is -0.130. The third kappa shape index (κ3) is 4.63. The molecule has 0 aliphatic heterocycles. The van der Waals surface area contributed by atoms with Gasteiger partial charge in [-0.25, -0.2) is 0 Å². The van der Waals surface area contributed by atoms with E-state index in [4.69, 9.17) is 27.9 Å². The number of nitrogens with one attached hydrogen (secondary N) is 1. The first-order chi connectivity index (χ1) is 11.5. The van der Waals surface area contributed by atoms with Crippen molar-refractivity contribution in [1.82, 2.24) is 5.32 Å². The molecule has 2 N–H and O–H groups in total. The number of carbonyl (C=O) groups excluding carboxylic acids is 1. The zero-order valence-corrected chi connectivity index (χ0v) is 14.3. The molecule has 2 aromatic rings. The van der Waals surface area contributed by atoms with Crippen molar-refractivity contribution in [1.29, 1.82) is 0 Å². The molecule has 0 spiro atoms. The van der Waals surface area contributed by atoms with Gasteiger partial charge in [0.05, 0.1) is 0 Å². The van der Waals surface area contributed by atoms with Crippen LogP contribution in [-0.4, -0.2) is 17.1 Å². The van der Waals surface area contributed by atoms with Crippen LogP contribution in [0.2, 0.25) is 10.0 Å². The smallest absolute Gasteiger partial charge is 0.249 e. The molecule has 0 saturated heterocycles. The zero-order valence-electron chi connectivity index (χ0n) is 12.8. The van der Waals surface area contributed by atoms with Gasteiger partial charge in [-0.15, -0.1) is 0 Å². The molecule has 0 aromatic heterocycles. The maximum absolute atomic E-state index is 11.8. The van der Waals surface area contributed by atoms with Crippen molar-refractivity contribution in [3.63, 3.8) is 0 Å². The number of hydrogen-bond acceptors (Lipinski definition) is 3. The summed E-state index contributed by atoms with van der Waals surface area (Å²) in [7, 11) is 0. The monoisotopic (exact) mass is 365 g/mol. The minimum absolute atomic E-state index is 0.130. The van der Waals surface area contributed by atoms with Crippen LogP contribution in [-0.2, 0) is 11.3 Å². The fraction of sp³-hybridized carbons (Fsp3) is 0.278. The molecular formula is C18H17Cl2NO3. The van der Waals surface area contributed by atoms with Gasteiger partial charge in [-0.3, -0.25) is 4.79 Å². The first kappa shape index (κ1) is 17.1. The average Bonchev–Trinajstić information content (AvgIpc) is 3.37. The molecule has 1 aliphatic rings. The standard InChI is InChI=1S/C18H17Cl2NO3/c19-13-7-14(20)9-16(8-13)24-15-5-1-11(2-6-15)10-21-18(23)17(22)12-3-4-12/h1-2,5-9,12,17,22H,3-4,10H2,(H,21,23). The highest BCUT2D eigenvalue weighted by Crippen LogP contribution is 2.32. The maximum Gasteiger partial charge on any atom is 0.249 e. The Morgan fingerprint density at radius 3 is 2.33 bits per heavy atom. The summed E-state index contributed by atoms with van der Waals surface area (Å²) in [5, 5.41) is 13.5. The summed E-state index contributed by atoms with van der Waals surface area (Å²) < 4.78 is 5.70. The number of carbonyl (C=O) groups is 1. The number of aliphatic hydroxyl groups is 1. The molecule has 0 radical (unpaired) electrons. The molecule has 1 atom stereocenters. The predicted molar refractivity (Wildman–Crippen MR) is 93.6 cm³/mol. The Bertz CT molecular complexity index is 709. The number of aliphatic hydroxyl groups excluding tert-OH is 1. The van der Waals surface area contributed by atoms with Crippen LogP contribution in [0, 0.1) is 5.92 Å². The molecule has 24 heavy (non-hydrogen) atoms. The Hall–Kier alpha value is -1.75. The van der Waals surface area contributed by atoms with E-state index in [-0.39, 0.29) is 11.8 Å². The average molecular weight is 366 g/mol. The van der Waals surface area contributed by atoms with Gasteiger partial charge < -0.3 is 15.2 Å². The molecule has 0 heterocycles. The molecule has 3 rings (SSSR count). The van der Waals surface area contributed by atoms with E-state index in [1.165, 1.54) is 0 Å². The van der Waals surface area contributed by atoms with Gasteiger partial charge in [0.2, 0.25) is 5.91 Å². The molecule has 1 unspecified atom stereocenters. The minimum Gasteiger partial charge on any atom is -0.457 e. The van der Waals surface area contributed by atoms with Crippen molar-refractivity contribution in [3.8, 4) is 11.5 Å². The van der Waals surface area contributed by atoms with Crippen molar-refractivity contribution in [2.75, 3.05) is 0 Å². The normalized spacial score (nSPS) is 15.0. The van der Waals surface area contributed by atoms with Gasteiger partial charge >= 0.3 is 0 Å². The molecule has 1 aliphatic carbocycles. The first-order valence-corrected chi connectivity index (χ1v) is 8.45. The first-order valence-electron chi connectivity index (χ1n) is 7.70. The number of benzene rings is 2. The molecular weight excluding hydrogens is 349 g/mol. The molecule has 6 heteroatoms. The summed E-state index contributed by atoms with van der Waals surface area (Å²) in [6.07, 6.45) is 0.961. The van der Waals surface area contributed by atoms with Gasteiger partial charge in [0.1, 0.15) is 17.6 Å². The van der Waals surface area contributed by atoms with Crippen molar-refractivity contribution < 1.29 is 14.6 Å². The Morgan fingerprint density at radius 1 is 1.12 bits per heavy atom. The zero-order chi connectivity index (χ0) is 17.1. The number of ether oxygens (including phenoxy) is 1. The van der Waals surface area contributed by atoms with E-state index in [0.29, 0.717) is 28.1 Å². The fourth-order valence-corrected chi connectivity index (χ4v) is 2.82. The van der Waals surface area contributed by atoms with E-state index >= 15 is 0 Å². The minimum atomic E-state index is -0.889. The van der Waals surface area contributed by atoms with Crippen LogP contribution in [0.5, 0.6) is 11.5 Å². The SMILES string of the molecule is O=C(NCc1ccc(Oc2cc(Cl)cc(Cl)c2)cc1)C(O)C1CC1. The van der Waals surface area contributed by atoms with E-state index in [0.717, 1.165) is 18.4 Å². The summed E-state index contributed by atoms with van der Waals surface area (Å²) in [6, 6.07) is 12.3. The Labute approximate surface area is 150 Å².